The van der Waals surface area contributed by atoms with Gasteiger partial charge in [0, 0.05) is 6.42 Å². The third-order valence-electron chi connectivity index (χ3n) is 2.34. The van der Waals surface area contributed by atoms with Crippen molar-refractivity contribution in [2.24, 2.45) is 0 Å². The molecule has 2 aromatic rings. The Morgan fingerprint density at radius 2 is 2.06 bits per heavy atom. The Kier molecular flexibility index (Phi) is 3.44. The highest BCUT2D eigenvalue weighted by atomic mass is 16.4. The lowest BCUT2D eigenvalue weighted by Gasteiger charge is -2.03. The monoisotopic (exact) mass is 232 g/mol. The summed E-state index contributed by atoms with van der Waals surface area (Å²) in [5, 5.41) is 19.9. The molecule has 0 saturated carbocycles. The van der Waals surface area contributed by atoms with Crippen LogP contribution < -0.4 is 0 Å². The Bertz CT molecular complexity index is 495. The van der Waals surface area contributed by atoms with Crippen LogP contribution in [0, 0.1) is 0 Å². The highest BCUT2D eigenvalue weighted by Crippen LogP contribution is 2.04. The fourth-order valence-corrected chi connectivity index (χ4v) is 1.50. The fraction of sp³-hybridized carbons (Fsp3) is 0.273. The molecule has 1 heterocycles. The Labute approximate surface area is 97.9 Å². The number of hydrogen-bond acceptors (Lipinski definition) is 4. The molecule has 0 amide bonds. The summed E-state index contributed by atoms with van der Waals surface area (Å²) < 4.78 is 1.62. The van der Waals surface area contributed by atoms with Gasteiger partial charge in [-0.1, -0.05) is 30.3 Å². The molecular weight excluding hydrogens is 220 g/mol. The standard InChI is InChI=1S/C11H12N4O2/c16-11(17)7-6-10-12-13-14-15(10)8-9-4-2-1-3-5-9/h1-5H,6-8H2,(H,16,17). The van der Waals surface area contributed by atoms with Crippen molar-refractivity contribution in [2.45, 2.75) is 19.4 Å². The maximum Gasteiger partial charge on any atom is 0.303 e. The third-order valence-corrected chi connectivity index (χ3v) is 2.34. The molecule has 0 aliphatic carbocycles. The lowest BCUT2D eigenvalue weighted by molar-refractivity contribution is -0.137. The number of carboxylic acids is 1. The molecule has 0 aliphatic rings. The van der Waals surface area contributed by atoms with Crippen LogP contribution >= 0.6 is 0 Å². The van der Waals surface area contributed by atoms with Gasteiger partial charge in [-0.05, 0) is 16.0 Å². The first kappa shape index (κ1) is 11.3. The maximum atomic E-state index is 10.5. The van der Waals surface area contributed by atoms with Crippen LogP contribution in [0.1, 0.15) is 17.8 Å². The van der Waals surface area contributed by atoms with E-state index in [1.165, 1.54) is 0 Å². The third kappa shape index (κ3) is 3.10. The number of carboxylic acid groups (broad SMARTS) is 1. The van der Waals surface area contributed by atoms with Crippen LogP contribution in [0.25, 0.3) is 0 Å². The van der Waals surface area contributed by atoms with E-state index >= 15 is 0 Å². The largest absolute Gasteiger partial charge is 0.481 e. The highest BCUT2D eigenvalue weighted by Gasteiger charge is 2.08. The Hall–Kier alpha value is -2.24. The Morgan fingerprint density at radius 3 is 2.76 bits per heavy atom. The maximum absolute atomic E-state index is 10.5. The molecule has 0 aliphatic heterocycles. The van der Waals surface area contributed by atoms with Crippen LogP contribution in [0.5, 0.6) is 0 Å². The first-order valence-corrected chi connectivity index (χ1v) is 5.26. The number of aryl methyl sites for hydroxylation is 1. The van der Waals surface area contributed by atoms with Gasteiger partial charge in [-0.25, -0.2) is 4.68 Å². The molecule has 0 fully saturated rings. The van der Waals surface area contributed by atoms with E-state index in [9.17, 15) is 4.79 Å². The quantitative estimate of drug-likeness (QED) is 0.822. The zero-order valence-electron chi connectivity index (χ0n) is 9.15. The minimum atomic E-state index is -0.848. The average molecular weight is 232 g/mol. The van der Waals surface area contributed by atoms with Crippen molar-refractivity contribution in [1.29, 1.82) is 0 Å². The summed E-state index contributed by atoms with van der Waals surface area (Å²) in [6.07, 6.45) is 0.379. The van der Waals surface area contributed by atoms with E-state index in [1.54, 1.807) is 4.68 Å². The molecule has 0 spiro atoms. The predicted molar refractivity (Wildman–Crippen MR) is 59.3 cm³/mol. The van der Waals surface area contributed by atoms with Crippen molar-refractivity contribution in [1.82, 2.24) is 20.2 Å². The summed E-state index contributed by atoms with van der Waals surface area (Å²) >= 11 is 0. The van der Waals surface area contributed by atoms with Gasteiger partial charge < -0.3 is 5.11 Å². The number of aliphatic carboxylic acids is 1. The van der Waals surface area contributed by atoms with E-state index in [2.05, 4.69) is 15.5 Å². The van der Waals surface area contributed by atoms with Gasteiger partial charge in [0.05, 0.1) is 13.0 Å². The van der Waals surface area contributed by atoms with Gasteiger partial charge in [-0.15, -0.1) is 5.10 Å². The van der Waals surface area contributed by atoms with Crippen molar-refractivity contribution in [2.75, 3.05) is 0 Å². The van der Waals surface area contributed by atoms with Crippen molar-refractivity contribution >= 4 is 5.97 Å². The lowest BCUT2D eigenvalue weighted by atomic mass is 10.2. The second-order valence-electron chi connectivity index (χ2n) is 3.63. The molecule has 0 atom stereocenters. The lowest BCUT2D eigenvalue weighted by Crippen LogP contribution is -2.09. The molecule has 0 unspecified atom stereocenters. The second-order valence-corrected chi connectivity index (χ2v) is 3.63. The van der Waals surface area contributed by atoms with Gasteiger partial charge >= 0.3 is 5.97 Å². The summed E-state index contributed by atoms with van der Waals surface area (Å²) in [6.45, 7) is 0.558. The summed E-state index contributed by atoms with van der Waals surface area (Å²) in [6, 6.07) is 9.77. The zero-order valence-corrected chi connectivity index (χ0v) is 9.15. The predicted octanol–water partition coefficient (Wildman–Crippen LogP) is 0.739. The first-order valence-electron chi connectivity index (χ1n) is 5.26. The van der Waals surface area contributed by atoms with Crippen molar-refractivity contribution in [3.05, 3.63) is 41.7 Å². The molecule has 6 nitrogen and oxygen atoms in total. The van der Waals surface area contributed by atoms with Crippen LogP contribution in [0.2, 0.25) is 0 Å². The molecular formula is C11H12N4O2. The van der Waals surface area contributed by atoms with Crippen molar-refractivity contribution < 1.29 is 9.90 Å². The molecule has 1 N–H and O–H groups in total. The van der Waals surface area contributed by atoms with Gasteiger partial charge in [-0.2, -0.15) is 0 Å². The smallest absolute Gasteiger partial charge is 0.303 e. The summed E-state index contributed by atoms with van der Waals surface area (Å²) in [4.78, 5) is 10.5. The van der Waals surface area contributed by atoms with Gasteiger partial charge in [0.1, 0.15) is 0 Å². The van der Waals surface area contributed by atoms with Crippen LogP contribution in [0.3, 0.4) is 0 Å². The van der Waals surface area contributed by atoms with Crippen molar-refractivity contribution in [3.63, 3.8) is 0 Å². The zero-order chi connectivity index (χ0) is 12.1. The number of rotatable bonds is 5. The van der Waals surface area contributed by atoms with Crippen LogP contribution in [0.15, 0.2) is 30.3 Å². The average Bonchev–Trinajstić information content (AvgIpc) is 2.75. The number of nitrogens with zero attached hydrogens (tertiary/aromatic N) is 4. The molecule has 0 radical (unpaired) electrons. The van der Waals surface area contributed by atoms with E-state index in [1.807, 2.05) is 30.3 Å². The van der Waals surface area contributed by atoms with E-state index in [0.717, 1.165) is 5.56 Å². The summed E-state index contributed by atoms with van der Waals surface area (Å²) in [7, 11) is 0. The topological polar surface area (TPSA) is 80.9 Å². The number of aromatic nitrogens is 4. The number of tetrazole rings is 1. The van der Waals surface area contributed by atoms with E-state index in [-0.39, 0.29) is 6.42 Å². The van der Waals surface area contributed by atoms with E-state index in [0.29, 0.717) is 18.8 Å². The molecule has 0 bridgehead atoms. The fourth-order valence-electron chi connectivity index (χ4n) is 1.50. The van der Waals surface area contributed by atoms with E-state index < -0.39 is 5.97 Å². The van der Waals surface area contributed by atoms with E-state index in [4.69, 9.17) is 5.11 Å². The summed E-state index contributed by atoms with van der Waals surface area (Å²) in [5.41, 5.74) is 1.08. The normalized spacial score (nSPS) is 10.4. The van der Waals surface area contributed by atoms with Gasteiger partial charge in [-0.3, -0.25) is 4.79 Å². The number of hydrogen-bond donors (Lipinski definition) is 1. The molecule has 0 saturated heterocycles. The molecule has 88 valence electrons. The molecule has 1 aromatic carbocycles. The van der Waals surface area contributed by atoms with Crippen LogP contribution in [0.4, 0.5) is 0 Å². The summed E-state index contributed by atoms with van der Waals surface area (Å²) in [5.74, 6) is -0.254. The minimum absolute atomic E-state index is 0.0369. The van der Waals surface area contributed by atoms with Crippen LogP contribution in [-0.4, -0.2) is 31.3 Å². The molecule has 1 aromatic heterocycles. The highest BCUT2D eigenvalue weighted by molar-refractivity contribution is 5.66. The molecule has 17 heavy (non-hydrogen) atoms. The minimum Gasteiger partial charge on any atom is -0.481 e. The van der Waals surface area contributed by atoms with Crippen molar-refractivity contribution in [3.8, 4) is 0 Å². The second kappa shape index (κ2) is 5.20. The van der Waals surface area contributed by atoms with Gasteiger partial charge in [0.15, 0.2) is 5.82 Å². The number of benzene rings is 1. The molecule has 2 rings (SSSR count). The van der Waals surface area contributed by atoms with Crippen LogP contribution in [-0.2, 0) is 17.8 Å². The SMILES string of the molecule is O=C(O)CCc1nnnn1Cc1ccccc1. The molecule has 6 heteroatoms. The Balaban J connectivity index is 2.06. The Morgan fingerprint density at radius 1 is 1.29 bits per heavy atom. The first-order chi connectivity index (χ1) is 8.25. The number of carbonyl (C=O) groups is 1. The van der Waals surface area contributed by atoms with Gasteiger partial charge in [0.2, 0.25) is 0 Å². The van der Waals surface area contributed by atoms with Gasteiger partial charge in [0.25, 0.3) is 0 Å².